The van der Waals surface area contributed by atoms with Gasteiger partial charge in [-0.25, -0.2) is 0 Å². The van der Waals surface area contributed by atoms with Gasteiger partial charge in [0.2, 0.25) is 0 Å². The van der Waals surface area contributed by atoms with Gasteiger partial charge in [0.15, 0.2) is 0 Å². The first-order valence-electron chi connectivity index (χ1n) is 4.83. The minimum Gasteiger partial charge on any atom is -0.313 e. The van der Waals surface area contributed by atoms with Crippen molar-refractivity contribution < 1.29 is 0 Å². The Labute approximate surface area is 75.4 Å². The summed E-state index contributed by atoms with van der Waals surface area (Å²) < 4.78 is 0. The second-order valence-corrected chi connectivity index (χ2v) is 3.23. The highest BCUT2D eigenvalue weighted by Crippen LogP contribution is 2.16. The van der Waals surface area contributed by atoms with Crippen LogP contribution >= 0.6 is 0 Å². The molecule has 0 heterocycles. The number of hydrogen-bond donors (Lipinski definition) is 2. The number of nitrogens with one attached hydrogen (secondary N) is 2. The molecule has 0 aliphatic rings. The molecule has 0 bridgehead atoms. The molecule has 0 aliphatic carbocycles. The van der Waals surface area contributed by atoms with Crippen LogP contribution in [0.5, 0.6) is 0 Å². The van der Waals surface area contributed by atoms with Crippen LogP contribution in [0.15, 0.2) is 0 Å². The van der Waals surface area contributed by atoms with Crippen LogP contribution in [0.3, 0.4) is 0 Å². The maximum Gasteiger partial charge on any atom is -0.00450 e. The standard InChI is InChI=1S/C10H20N2/c1-2-3-5-10(7-9-12)6-4-8-11/h8-12H,2-7H2,1H3. The van der Waals surface area contributed by atoms with Crippen molar-refractivity contribution in [2.24, 2.45) is 5.92 Å². The third-order valence-electron chi connectivity index (χ3n) is 2.14. The van der Waals surface area contributed by atoms with Gasteiger partial charge in [-0.15, -0.1) is 0 Å². The number of unbranched alkanes of at least 4 members (excludes halogenated alkanes) is 1. The molecule has 1 unspecified atom stereocenters. The molecule has 0 amide bonds. The fraction of sp³-hybridized carbons (Fsp3) is 0.800. The van der Waals surface area contributed by atoms with Gasteiger partial charge in [-0.05, 0) is 37.6 Å². The first-order chi connectivity index (χ1) is 5.85. The molecule has 2 N–H and O–H groups in total. The van der Waals surface area contributed by atoms with Crippen LogP contribution < -0.4 is 0 Å². The Hall–Kier alpha value is -0.660. The largest absolute Gasteiger partial charge is 0.313 e. The monoisotopic (exact) mass is 168 g/mol. The number of rotatable bonds is 8. The molecule has 0 aromatic heterocycles. The minimum absolute atomic E-state index is 0.643. The van der Waals surface area contributed by atoms with Crippen molar-refractivity contribution in [1.82, 2.24) is 0 Å². The third-order valence-corrected chi connectivity index (χ3v) is 2.14. The van der Waals surface area contributed by atoms with E-state index in [-0.39, 0.29) is 0 Å². The van der Waals surface area contributed by atoms with Crippen LogP contribution in [0.4, 0.5) is 0 Å². The molecule has 0 saturated heterocycles. The van der Waals surface area contributed by atoms with Crippen molar-refractivity contribution in [2.45, 2.75) is 45.4 Å². The molecule has 0 aromatic carbocycles. The summed E-state index contributed by atoms with van der Waals surface area (Å²) in [6.07, 6.45) is 9.55. The van der Waals surface area contributed by atoms with E-state index in [9.17, 15) is 0 Å². The molecule has 0 rings (SSSR count). The Balaban J connectivity index is 3.52. The van der Waals surface area contributed by atoms with Gasteiger partial charge in [-0.2, -0.15) is 0 Å². The lowest BCUT2D eigenvalue weighted by molar-refractivity contribution is 0.459. The molecule has 2 nitrogen and oxygen atoms in total. The Kier molecular flexibility index (Phi) is 7.97. The SMILES string of the molecule is CCCCC(CC=N)CCC=N. The second-order valence-electron chi connectivity index (χ2n) is 3.23. The summed E-state index contributed by atoms with van der Waals surface area (Å²) in [5.41, 5.74) is 0. The molecule has 0 fully saturated rings. The first-order valence-corrected chi connectivity index (χ1v) is 4.83. The van der Waals surface area contributed by atoms with Crippen molar-refractivity contribution >= 4 is 12.4 Å². The summed E-state index contributed by atoms with van der Waals surface area (Å²) >= 11 is 0. The summed E-state index contributed by atoms with van der Waals surface area (Å²) in [6.45, 7) is 2.19. The Morgan fingerprint density at radius 2 is 1.92 bits per heavy atom. The lowest BCUT2D eigenvalue weighted by Gasteiger charge is -2.11. The summed E-state index contributed by atoms with van der Waals surface area (Å²) in [7, 11) is 0. The van der Waals surface area contributed by atoms with Gasteiger partial charge in [0.1, 0.15) is 0 Å². The maximum absolute atomic E-state index is 7.02. The molecule has 1 atom stereocenters. The van der Waals surface area contributed by atoms with Gasteiger partial charge in [0, 0.05) is 0 Å². The Morgan fingerprint density at radius 1 is 1.17 bits per heavy atom. The zero-order chi connectivity index (χ0) is 9.23. The summed E-state index contributed by atoms with van der Waals surface area (Å²) in [5.74, 6) is 0.643. The maximum atomic E-state index is 7.02. The van der Waals surface area contributed by atoms with Gasteiger partial charge in [-0.3, -0.25) is 0 Å². The van der Waals surface area contributed by atoms with E-state index in [1.54, 1.807) is 0 Å². The van der Waals surface area contributed by atoms with E-state index in [4.69, 9.17) is 10.8 Å². The van der Waals surface area contributed by atoms with Gasteiger partial charge < -0.3 is 10.8 Å². The highest BCUT2D eigenvalue weighted by Gasteiger charge is 2.04. The topological polar surface area (TPSA) is 47.7 Å². The highest BCUT2D eigenvalue weighted by molar-refractivity contribution is 5.54. The van der Waals surface area contributed by atoms with Crippen molar-refractivity contribution in [1.29, 1.82) is 10.8 Å². The lowest BCUT2D eigenvalue weighted by atomic mass is 9.94. The van der Waals surface area contributed by atoms with Gasteiger partial charge in [0.25, 0.3) is 0 Å². The van der Waals surface area contributed by atoms with Crippen molar-refractivity contribution in [3.8, 4) is 0 Å². The van der Waals surface area contributed by atoms with Crippen LogP contribution in [0.25, 0.3) is 0 Å². The molecule has 70 valence electrons. The van der Waals surface area contributed by atoms with E-state index >= 15 is 0 Å². The smallest absolute Gasteiger partial charge is 0.00450 e. The zero-order valence-electron chi connectivity index (χ0n) is 7.97. The second kappa shape index (κ2) is 8.44. The summed E-state index contributed by atoms with van der Waals surface area (Å²) in [4.78, 5) is 0. The summed E-state index contributed by atoms with van der Waals surface area (Å²) in [6, 6.07) is 0. The van der Waals surface area contributed by atoms with Gasteiger partial charge in [-0.1, -0.05) is 26.2 Å². The van der Waals surface area contributed by atoms with Gasteiger partial charge >= 0.3 is 0 Å². The van der Waals surface area contributed by atoms with E-state index in [1.807, 2.05) is 0 Å². The average molecular weight is 168 g/mol. The van der Waals surface area contributed by atoms with Crippen LogP contribution in [-0.4, -0.2) is 12.4 Å². The minimum atomic E-state index is 0.643. The zero-order valence-corrected chi connectivity index (χ0v) is 7.97. The lowest BCUT2D eigenvalue weighted by Crippen LogP contribution is -2.01. The average Bonchev–Trinajstić information content (AvgIpc) is 2.10. The fourth-order valence-corrected chi connectivity index (χ4v) is 1.36. The van der Waals surface area contributed by atoms with E-state index in [1.165, 1.54) is 31.7 Å². The van der Waals surface area contributed by atoms with E-state index < -0.39 is 0 Å². The molecule has 0 radical (unpaired) electrons. The first kappa shape index (κ1) is 11.3. The summed E-state index contributed by atoms with van der Waals surface area (Å²) in [5, 5.41) is 13.9. The van der Waals surface area contributed by atoms with E-state index in [0.717, 1.165) is 19.3 Å². The quantitative estimate of drug-likeness (QED) is 0.523. The molecule has 0 spiro atoms. The van der Waals surface area contributed by atoms with Crippen molar-refractivity contribution in [2.75, 3.05) is 0 Å². The van der Waals surface area contributed by atoms with Crippen molar-refractivity contribution in [3.05, 3.63) is 0 Å². The Morgan fingerprint density at radius 3 is 2.42 bits per heavy atom. The predicted octanol–water partition coefficient (Wildman–Crippen LogP) is 3.26. The van der Waals surface area contributed by atoms with Crippen LogP contribution in [0.2, 0.25) is 0 Å². The van der Waals surface area contributed by atoms with Crippen molar-refractivity contribution in [3.63, 3.8) is 0 Å². The molecule has 0 aliphatic heterocycles. The fourth-order valence-electron chi connectivity index (χ4n) is 1.36. The van der Waals surface area contributed by atoms with E-state index in [0.29, 0.717) is 5.92 Å². The third kappa shape index (κ3) is 6.08. The van der Waals surface area contributed by atoms with Crippen LogP contribution in [0.1, 0.15) is 45.4 Å². The molecule has 0 aromatic rings. The molecule has 2 heteroatoms. The normalized spacial score (nSPS) is 12.4. The molecular weight excluding hydrogens is 148 g/mol. The molecule has 12 heavy (non-hydrogen) atoms. The molecular formula is C10H20N2. The highest BCUT2D eigenvalue weighted by atomic mass is 14.3. The van der Waals surface area contributed by atoms with Gasteiger partial charge in [0.05, 0.1) is 0 Å². The van der Waals surface area contributed by atoms with Crippen LogP contribution in [0, 0.1) is 16.7 Å². The van der Waals surface area contributed by atoms with Crippen LogP contribution in [-0.2, 0) is 0 Å². The molecule has 0 saturated carbocycles. The van der Waals surface area contributed by atoms with E-state index in [2.05, 4.69) is 6.92 Å². The predicted molar refractivity (Wildman–Crippen MR) is 54.4 cm³/mol. The Bertz CT molecular complexity index is 121. The number of hydrogen-bond acceptors (Lipinski definition) is 2.